The number of pyridine rings is 1. The van der Waals surface area contributed by atoms with E-state index in [-0.39, 0.29) is 5.91 Å². The average Bonchev–Trinajstić information content (AvgIpc) is 2.70. The van der Waals surface area contributed by atoms with Gasteiger partial charge in [-0.1, -0.05) is 18.2 Å². The lowest BCUT2D eigenvalue weighted by molar-refractivity contribution is 0.102. The van der Waals surface area contributed by atoms with Gasteiger partial charge in [-0.3, -0.25) is 9.78 Å². The Hall–Kier alpha value is -3.80. The highest BCUT2D eigenvalue weighted by Crippen LogP contribution is 2.27. The molecular formula is C20H14N4O2. The molecule has 6 nitrogen and oxygen atoms in total. The van der Waals surface area contributed by atoms with Crippen LogP contribution in [0.15, 0.2) is 79.3 Å². The van der Waals surface area contributed by atoms with Gasteiger partial charge in [0.15, 0.2) is 0 Å². The fourth-order valence-corrected chi connectivity index (χ4v) is 2.50. The lowest BCUT2D eigenvalue weighted by Gasteiger charge is -2.08. The van der Waals surface area contributed by atoms with Crippen LogP contribution in [0.25, 0.3) is 10.8 Å². The molecule has 0 radical (unpaired) electrons. The number of rotatable bonds is 4. The van der Waals surface area contributed by atoms with Crippen molar-refractivity contribution in [2.24, 2.45) is 0 Å². The number of nitrogens with zero attached hydrogens (tertiary/aromatic N) is 3. The molecule has 2 heterocycles. The highest BCUT2D eigenvalue weighted by Gasteiger charge is 2.08. The fraction of sp³-hybridized carbons (Fsp3) is 0. The predicted molar refractivity (Wildman–Crippen MR) is 98.2 cm³/mol. The summed E-state index contributed by atoms with van der Waals surface area (Å²) >= 11 is 0. The van der Waals surface area contributed by atoms with Gasteiger partial charge in [-0.05, 0) is 42.5 Å². The molecule has 0 fully saturated rings. The lowest BCUT2D eigenvalue weighted by atomic mass is 10.2. The van der Waals surface area contributed by atoms with Crippen LogP contribution in [0.4, 0.5) is 5.69 Å². The number of nitrogens with one attached hydrogen (secondary N) is 1. The van der Waals surface area contributed by atoms with Crippen molar-refractivity contribution in [1.29, 1.82) is 0 Å². The third-order valence-electron chi connectivity index (χ3n) is 3.81. The maximum atomic E-state index is 12.1. The van der Waals surface area contributed by atoms with E-state index in [2.05, 4.69) is 20.5 Å². The lowest BCUT2D eigenvalue weighted by Crippen LogP contribution is -2.11. The molecule has 26 heavy (non-hydrogen) atoms. The number of hydrogen-bond donors (Lipinski definition) is 1. The van der Waals surface area contributed by atoms with Crippen molar-refractivity contribution in [2.75, 3.05) is 5.32 Å². The van der Waals surface area contributed by atoms with Crippen LogP contribution in [0.5, 0.6) is 11.6 Å². The summed E-state index contributed by atoms with van der Waals surface area (Å²) in [5, 5.41) is 12.7. The third-order valence-corrected chi connectivity index (χ3v) is 3.81. The predicted octanol–water partition coefficient (Wildman–Crippen LogP) is 4.07. The zero-order valence-corrected chi connectivity index (χ0v) is 13.7. The molecule has 2 aromatic heterocycles. The van der Waals surface area contributed by atoms with E-state index in [0.29, 0.717) is 22.9 Å². The molecule has 0 saturated carbocycles. The van der Waals surface area contributed by atoms with Crippen molar-refractivity contribution in [3.63, 3.8) is 0 Å². The van der Waals surface area contributed by atoms with Crippen molar-refractivity contribution in [1.82, 2.24) is 15.2 Å². The van der Waals surface area contributed by atoms with Crippen molar-refractivity contribution in [3.05, 3.63) is 84.8 Å². The van der Waals surface area contributed by atoms with Gasteiger partial charge in [-0.2, -0.15) is 5.10 Å². The summed E-state index contributed by atoms with van der Waals surface area (Å²) in [6.45, 7) is 0. The minimum Gasteiger partial charge on any atom is -0.437 e. The Morgan fingerprint density at radius 2 is 1.69 bits per heavy atom. The SMILES string of the molecule is O=C(Nc1ccc(Oc2nncc3ccccc23)cc1)c1ccncc1. The van der Waals surface area contributed by atoms with Crippen molar-refractivity contribution in [2.45, 2.75) is 0 Å². The summed E-state index contributed by atoms with van der Waals surface area (Å²) in [6, 6.07) is 18.1. The van der Waals surface area contributed by atoms with Crippen molar-refractivity contribution >= 4 is 22.4 Å². The average molecular weight is 342 g/mol. The summed E-state index contributed by atoms with van der Waals surface area (Å²) in [4.78, 5) is 16.0. The summed E-state index contributed by atoms with van der Waals surface area (Å²) in [5.41, 5.74) is 1.22. The van der Waals surface area contributed by atoms with Crippen molar-refractivity contribution < 1.29 is 9.53 Å². The first-order valence-corrected chi connectivity index (χ1v) is 7.99. The van der Waals surface area contributed by atoms with E-state index in [0.717, 1.165) is 10.8 Å². The second kappa shape index (κ2) is 6.98. The van der Waals surface area contributed by atoms with Crippen LogP contribution in [-0.4, -0.2) is 21.1 Å². The molecular weight excluding hydrogens is 328 g/mol. The maximum absolute atomic E-state index is 12.1. The largest absolute Gasteiger partial charge is 0.437 e. The minimum absolute atomic E-state index is 0.194. The van der Waals surface area contributed by atoms with Gasteiger partial charge in [-0.25, -0.2) is 0 Å². The zero-order valence-electron chi connectivity index (χ0n) is 13.7. The Balaban J connectivity index is 1.50. The molecule has 4 aromatic rings. The standard InChI is InChI=1S/C20H14N4O2/c25-19(14-9-11-21-12-10-14)23-16-5-7-17(8-6-16)26-20-18-4-2-1-3-15(18)13-22-24-20/h1-13H,(H,23,25). The molecule has 4 rings (SSSR count). The number of benzene rings is 2. The fourth-order valence-electron chi connectivity index (χ4n) is 2.50. The van der Waals surface area contributed by atoms with Gasteiger partial charge in [0.1, 0.15) is 5.75 Å². The molecule has 0 bridgehead atoms. The maximum Gasteiger partial charge on any atom is 0.255 e. The molecule has 2 aromatic carbocycles. The third kappa shape index (κ3) is 3.34. The number of anilines is 1. The van der Waals surface area contributed by atoms with E-state index < -0.39 is 0 Å². The molecule has 0 atom stereocenters. The summed E-state index contributed by atoms with van der Waals surface area (Å²) in [7, 11) is 0. The molecule has 0 aliphatic rings. The van der Waals surface area contributed by atoms with Crippen LogP contribution < -0.4 is 10.1 Å². The van der Waals surface area contributed by atoms with Gasteiger partial charge in [0.2, 0.25) is 5.88 Å². The van der Waals surface area contributed by atoms with E-state index in [1.165, 1.54) is 0 Å². The van der Waals surface area contributed by atoms with Gasteiger partial charge >= 0.3 is 0 Å². The summed E-state index contributed by atoms with van der Waals surface area (Å²) < 4.78 is 5.84. The Kier molecular flexibility index (Phi) is 4.22. The molecule has 0 aliphatic heterocycles. The van der Waals surface area contributed by atoms with E-state index in [4.69, 9.17) is 4.74 Å². The molecule has 1 N–H and O–H groups in total. The second-order valence-corrected chi connectivity index (χ2v) is 5.55. The van der Waals surface area contributed by atoms with Crippen LogP contribution in [-0.2, 0) is 0 Å². The number of aromatic nitrogens is 3. The van der Waals surface area contributed by atoms with E-state index in [1.54, 1.807) is 55.0 Å². The van der Waals surface area contributed by atoms with Crippen LogP contribution in [0.3, 0.4) is 0 Å². The number of carbonyl (C=O) groups is 1. The quantitative estimate of drug-likeness (QED) is 0.605. The first kappa shape index (κ1) is 15.7. The molecule has 0 saturated heterocycles. The Morgan fingerprint density at radius 3 is 2.50 bits per heavy atom. The number of amides is 1. The topological polar surface area (TPSA) is 77.0 Å². The first-order chi connectivity index (χ1) is 12.8. The van der Waals surface area contributed by atoms with Gasteiger partial charge in [0.05, 0.1) is 6.20 Å². The number of fused-ring (bicyclic) bond motifs is 1. The highest BCUT2D eigenvalue weighted by atomic mass is 16.5. The van der Waals surface area contributed by atoms with Gasteiger partial charge < -0.3 is 10.1 Å². The first-order valence-electron chi connectivity index (χ1n) is 7.99. The Morgan fingerprint density at radius 1 is 0.923 bits per heavy atom. The van der Waals surface area contributed by atoms with Crippen LogP contribution in [0.2, 0.25) is 0 Å². The van der Waals surface area contributed by atoms with E-state index >= 15 is 0 Å². The number of ether oxygens (including phenoxy) is 1. The Labute approximate surface area is 149 Å². The number of carbonyl (C=O) groups excluding carboxylic acids is 1. The normalized spacial score (nSPS) is 10.5. The second-order valence-electron chi connectivity index (χ2n) is 5.55. The molecule has 0 spiro atoms. The van der Waals surface area contributed by atoms with Crippen LogP contribution >= 0.6 is 0 Å². The summed E-state index contributed by atoms with van der Waals surface area (Å²) in [6.07, 6.45) is 4.86. The minimum atomic E-state index is -0.194. The monoisotopic (exact) mass is 342 g/mol. The van der Waals surface area contributed by atoms with E-state index in [9.17, 15) is 4.79 Å². The zero-order chi connectivity index (χ0) is 17.8. The number of hydrogen-bond acceptors (Lipinski definition) is 5. The Bertz CT molecular complexity index is 1040. The van der Waals surface area contributed by atoms with Gasteiger partial charge in [0, 0.05) is 34.4 Å². The van der Waals surface area contributed by atoms with E-state index in [1.807, 2.05) is 24.3 Å². The molecule has 126 valence electrons. The van der Waals surface area contributed by atoms with Crippen molar-refractivity contribution in [3.8, 4) is 11.6 Å². The molecule has 0 unspecified atom stereocenters. The highest BCUT2D eigenvalue weighted by molar-refractivity contribution is 6.04. The van der Waals surface area contributed by atoms with Gasteiger partial charge in [0.25, 0.3) is 5.91 Å². The van der Waals surface area contributed by atoms with Crippen LogP contribution in [0.1, 0.15) is 10.4 Å². The smallest absolute Gasteiger partial charge is 0.255 e. The molecule has 6 heteroatoms. The van der Waals surface area contributed by atoms with Gasteiger partial charge in [-0.15, -0.1) is 5.10 Å². The molecule has 1 amide bonds. The summed E-state index contributed by atoms with van der Waals surface area (Å²) in [5.74, 6) is 0.857. The molecule has 0 aliphatic carbocycles. The van der Waals surface area contributed by atoms with Crippen LogP contribution in [0, 0.1) is 0 Å².